The number of aromatic nitrogens is 3. The molecule has 4 N–H and O–H groups in total. The second-order valence-electron chi connectivity index (χ2n) is 6.92. The zero-order valence-corrected chi connectivity index (χ0v) is 18.4. The Balaban J connectivity index is 1.59. The molecule has 8 nitrogen and oxygen atoms in total. The van der Waals surface area contributed by atoms with Crippen molar-refractivity contribution in [2.24, 2.45) is 0 Å². The van der Waals surface area contributed by atoms with E-state index in [0.717, 1.165) is 5.69 Å². The topological polar surface area (TPSA) is 114 Å². The van der Waals surface area contributed by atoms with Crippen LogP contribution in [-0.4, -0.2) is 26.4 Å². The van der Waals surface area contributed by atoms with Crippen molar-refractivity contribution in [3.8, 4) is 0 Å². The molecule has 0 saturated carbocycles. The summed E-state index contributed by atoms with van der Waals surface area (Å²) in [6, 6.07) is 12.6. The van der Waals surface area contributed by atoms with E-state index in [4.69, 9.17) is 28.9 Å². The Hall–Kier alpha value is -3.62. The van der Waals surface area contributed by atoms with E-state index in [1.807, 2.05) is 6.92 Å². The lowest BCUT2D eigenvalue weighted by molar-refractivity contribution is 0.104. The van der Waals surface area contributed by atoms with Gasteiger partial charge in [-0.1, -0.05) is 42.3 Å². The maximum absolute atomic E-state index is 13.3. The Kier molecular flexibility index (Phi) is 5.98. The molecule has 2 amide bonds. The van der Waals surface area contributed by atoms with Gasteiger partial charge in [-0.15, -0.1) is 0 Å². The van der Waals surface area contributed by atoms with Crippen LogP contribution in [0.4, 0.5) is 22.0 Å². The fraction of sp³-hybridized carbons (Fsp3) is 0.0909. The van der Waals surface area contributed by atoms with Gasteiger partial charge in [-0.2, -0.15) is 5.10 Å². The SMILES string of the molecule is CCc1cc(C(=O)c2cccc(NC(=O)Nc3ccc(Cl)cc3Cl)c2)c2c(N)ncnn12. The normalized spacial score (nSPS) is 10.8. The summed E-state index contributed by atoms with van der Waals surface area (Å²) >= 11 is 12.0. The van der Waals surface area contributed by atoms with Gasteiger partial charge in [0, 0.05) is 22.0 Å². The Morgan fingerprint density at radius 3 is 2.66 bits per heavy atom. The van der Waals surface area contributed by atoms with Crippen molar-refractivity contribution in [3.63, 3.8) is 0 Å². The largest absolute Gasteiger partial charge is 0.382 e. The first-order valence-electron chi connectivity index (χ1n) is 9.66. The van der Waals surface area contributed by atoms with Gasteiger partial charge in [-0.25, -0.2) is 14.3 Å². The van der Waals surface area contributed by atoms with Gasteiger partial charge in [0.1, 0.15) is 11.8 Å². The highest BCUT2D eigenvalue weighted by molar-refractivity contribution is 6.36. The molecule has 2 heterocycles. The van der Waals surface area contributed by atoms with Crippen LogP contribution in [0.2, 0.25) is 10.0 Å². The van der Waals surface area contributed by atoms with E-state index in [9.17, 15) is 9.59 Å². The predicted octanol–water partition coefficient (Wildman–Crippen LogP) is 5.06. The molecule has 10 heteroatoms. The molecule has 32 heavy (non-hydrogen) atoms. The fourth-order valence-corrected chi connectivity index (χ4v) is 3.78. The summed E-state index contributed by atoms with van der Waals surface area (Å²) in [7, 11) is 0. The first-order valence-corrected chi connectivity index (χ1v) is 10.4. The number of urea groups is 1. The van der Waals surface area contributed by atoms with Crippen LogP contribution < -0.4 is 16.4 Å². The standard InChI is InChI=1S/C22H18Cl2N6O2/c1-2-15-10-16(19-21(25)26-11-27-30(15)19)20(31)12-4-3-5-14(8-12)28-22(32)29-18-7-6-13(23)9-17(18)24/h3-11H,2H2,1H3,(H2,25,26,27)(H2,28,29,32). The van der Waals surface area contributed by atoms with Gasteiger partial charge in [-0.05, 0) is 42.8 Å². The highest BCUT2D eigenvalue weighted by atomic mass is 35.5. The summed E-state index contributed by atoms with van der Waals surface area (Å²) in [5.74, 6) is -0.0370. The van der Waals surface area contributed by atoms with Crippen molar-refractivity contribution in [1.82, 2.24) is 14.6 Å². The number of nitrogen functional groups attached to an aromatic ring is 1. The summed E-state index contributed by atoms with van der Waals surface area (Å²) < 4.78 is 1.63. The summed E-state index contributed by atoms with van der Waals surface area (Å²) in [6.07, 6.45) is 2.02. The molecule has 2 aromatic heterocycles. The number of hydrogen-bond donors (Lipinski definition) is 3. The van der Waals surface area contributed by atoms with Crippen molar-refractivity contribution in [1.29, 1.82) is 0 Å². The van der Waals surface area contributed by atoms with Crippen molar-refractivity contribution in [3.05, 3.63) is 81.7 Å². The minimum Gasteiger partial charge on any atom is -0.382 e. The first kappa shape index (κ1) is 21.6. The molecule has 4 rings (SSSR count). The van der Waals surface area contributed by atoms with E-state index in [2.05, 4.69) is 20.7 Å². The number of nitrogens with one attached hydrogen (secondary N) is 2. The lowest BCUT2D eigenvalue weighted by Crippen LogP contribution is -2.19. The molecule has 0 aliphatic heterocycles. The quantitative estimate of drug-likeness (QED) is 0.354. The zero-order valence-electron chi connectivity index (χ0n) is 16.9. The average molecular weight is 469 g/mol. The number of ketones is 1. The van der Waals surface area contributed by atoms with Crippen LogP contribution in [0.1, 0.15) is 28.5 Å². The highest BCUT2D eigenvalue weighted by Crippen LogP contribution is 2.26. The summed E-state index contributed by atoms with van der Waals surface area (Å²) in [5, 5.41) is 10.3. The number of halogens is 2. The van der Waals surface area contributed by atoms with E-state index in [1.165, 1.54) is 12.4 Å². The first-order chi connectivity index (χ1) is 15.4. The third-order valence-corrected chi connectivity index (χ3v) is 5.37. The Morgan fingerprint density at radius 1 is 1.09 bits per heavy atom. The molecular weight excluding hydrogens is 451 g/mol. The lowest BCUT2D eigenvalue weighted by atomic mass is 10.0. The second kappa shape index (κ2) is 8.86. The number of nitrogens with zero attached hydrogens (tertiary/aromatic N) is 3. The average Bonchev–Trinajstić information content (AvgIpc) is 3.15. The van der Waals surface area contributed by atoms with Crippen LogP contribution in [0.25, 0.3) is 5.52 Å². The van der Waals surface area contributed by atoms with Crippen LogP contribution in [-0.2, 0) is 6.42 Å². The van der Waals surface area contributed by atoms with Crippen molar-refractivity contribution in [2.75, 3.05) is 16.4 Å². The number of hydrogen-bond acceptors (Lipinski definition) is 5. The van der Waals surface area contributed by atoms with Crippen LogP contribution in [0.5, 0.6) is 0 Å². The summed E-state index contributed by atoms with van der Waals surface area (Å²) in [5.41, 5.74) is 8.94. The minimum absolute atomic E-state index is 0.219. The third-order valence-electron chi connectivity index (χ3n) is 4.83. The maximum Gasteiger partial charge on any atom is 0.323 e. The van der Waals surface area contributed by atoms with Crippen LogP contribution in [0, 0.1) is 0 Å². The van der Waals surface area contributed by atoms with Crippen LogP contribution in [0.15, 0.2) is 54.9 Å². The number of carbonyl (C=O) groups excluding carboxylic acids is 2. The Morgan fingerprint density at radius 2 is 1.91 bits per heavy atom. The third kappa shape index (κ3) is 4.23. The lowest BCUT2D eigenvalue weighted by Gasteiger charge is -2.10. The Labute approximate surface area is 193 Å². The van der Waals surface area contributed by atoms with Gasteiger partial charge in [0.25, 0.3) is 0 Å². The number of nitrogens with two attached hydrogens (primary N) is 1. The number of rotatable bonds is 5. The predicted molar refractivity (Wildman–Crippen MR) is 126 cm³/mol. The van der Waals surface area contributed by atoms with Crippen molar-refractivity contribution >= 4 is 57.7 Å². The highest BCUT2D eigenvalue weighted by Gasteiger charge is 2.20. The molecule has 162 valence electrons. The summed E-state index contributed by atoms with van der Waals surface area (Å²) in [4.78, 5) is 29.7. The molecule has 0 radical (unpaired) electrons. The van der Waals surface area contributed by atoms with Crippen molar-refractivity contribution < 1.29 is 9.59 Å². The van der Waals surface area contributed by atoms with Gasteiger partial charge in [0.2, 0.25) is 0 Å². The monoisotopic (exact) mass is 468 g/mol. The van der Waals surface area contributed by atoms with Gasteiger partial charge < -0.3 is 16.4 Å². The van der Waals surface area contributed by atoms with Crippen LogP contribution >= 0.6 is 23.2 Å². The van der Waals surface area contributed by atoms with Gasteiger partial charge in [0.05, 0.1) is 16.3 Å². The molecule has 0 spiro atoms. The number of carbonyl (C=O) groups is 2. The molecule has 2 aromatic carbocycles. The van der Waals surface area contributed by atoms with E-state index < -0.39 is 6.03 Å². The fourth-order valence-electron chi connectivity index (χ4n) is 3.33. The number of benzene rings is 2. The van der Waals surface area contributed by atoms with Crippen molar-refractivity contribution in [2.45, 2.75) is 13.3 Å². The molecule has 0 fully saturated rings. The second-order valence-corrected chi connectivity index (χ2v) is 7.77. The van der Waals surface area contributed by atoms with Gasteiger partial charge in [0.15, 0.2) is 11.6 Å². The number of aryl methyl sites for hydroxylation is 1. The van der Waals surface area contributed by atoms with Crippen LogP contribution in [0.3, 0.4) is 0 Å². The number of anilines is 3. The van der Waals surface area contributed by atoms with E-state index in [0.29, 0.717) is 44.5 Å². The molecule has 0 unspecified atom stereocenters. The van der Waals surface area contributed by atoms with E-state index in [-0.39, 0.29) is 11.6 Å². The molecule has 0 bridgehead atoms. The number of fused-ring (bicyclic) bond motifs is 1. The zero-order chi connectivity index (χ0) is 22.8. The summed E-state index contributed by atoms with van der Waals surface area (Å²) in [6.45, 7) is 1.96. The molecule has 0 atom stereocenters. The van der Waals surface area contributed by atoms with E-state index >= 15 is 0 Å². The molecular formula is C22H18Cl2N6O2. The number of amides is 2. The maximum atomic E-state index is 13.3. The molecule has 4 aromatic rings. The molecule has 0 saturated heterocycles. The van der Waals surface area contributed by atoms with Gasteiger partial charge in [-0.3, -0.25) is 4.79 Å². The molecule has 0 aliphatic rings. The molecule has 0 aliphatic carbocycles. The van der Waals surface area contributed by atoms with Gasteiger partial charge >= 0.3 is 6.03 Å². The minimum atomic E-state index is -0.515. The Bertz CT molecular complexity index is 1350. The van der Waals surface area contributed by atoms with E-state index in [1.54, 1.807) is 47.0 Å². The smallest absolute Gasteiger partial charge is 0.323 e.